The Hall–Kier alpha value is 0.756. The van der Waals surface area contributed by atoms with Gasteiger partial charge in [-0.15, -0.1) is 0 Å². The number of unbranched alkanes of at least 4 members (excludes halogenated alkanes) is 3. The van der Waals surface area contributed by atoms with E-state index in [0.29, 0.717) is 12.9 Å². The fourth-order valence-electron chi connectivity index (χ4n) is 0.496. The van der Waals surface area contributed by atoms with Crippen molar-refractivity contribution in [2.45, 2.75) is 32.6 Å². The van der Waals surface area contributed by atoms with Crippen molar-refractivity contribution in [2.75, 3.05) is 0 Å². The molecule has 1 nitrogen and oxygen atoms in total. The summed E-state index contributed by atoms with van der Waals surface area (Å²) in [6.45, 7) is 2.17. The Morgan fingerprint density at radius 1 is 1.40 bits per heavy atom. The fraction of sp³-hybridized carbons (Fsp3) is 0.833. The van der Waals surface area contributed by atoms with Crippen molar-refractivity contribution in [1.82, 2.24) is 0 Å². The number of rotatable bonds is 4. The zero-order valence-electron chi connectivity index (χ0n) is 6.00. The summed E-state index contributed by atoms with van der Waals surface area (Å²) in [6.07, 6.45) is 6.17. The molecule has 0 aromatic carbocycles. The van der Waals surface area contributed by atoms with Crippen molar-refractivity contribution < 1.29 is 12.9 Å². The third-order valence-electron chi connectivity index (χ3n) is 0.952. The van der Waals surface area contributed by atoms with E-state index in [-0.39, 0.29) is 0 Å². The van der Waals surface area contributed by atoms with Gasteiger partial charge < -0.3 is 5.41 Å². The molecule has 0 heterocycles. The molecule has 0 aliphatic rings. The Morgan fingerprint density at radius 2 is 1.90 bits per heavy atom. The maximum absolute atomic E-state index is 6.66. The standard InChI is InChI=1S/C6H13N.2ClH.Co/c1-2-3-4-5-6-7;;;/h6-7H,2-5H2,1H3;2*1H;/q;;;+2/p-2. The Morgan fingerprint density at radius 3 is 2.20 bits per heavy atom. The van der Waals surface area contributed by atoms with Crippen molar-refractivity contribution >= 4 is 26.5 Å². The predicted octanol–water partition coefficient (Wildman–Crippen LogP) is 3.59. The van der Waals surface area contributed by atoms with Crippen LogP contribution in [0, 0.1) is 5.41 Å². The van der Waals surface area contributed by atoms with E-state index in [1.165, 1.54) is 25.5 Å². The van der Waals surface area contributed by atoms with E-state index in [1.54, 1.807) is 0 Å². The molecule has 0 aromatic heterocycles. The van der Waals surface area contributed by atoms with E-state index < -0.39 is 0 Å². The van der Waals surface area contributed by atoms with E-state index in [2.05, 4.69) is 6.92 Å². The zero-order valence-corrected chi connectivity index (χ0v) is 8.55. The van der Waals surface area contributed by atoms with Crippen LogP contribution in [0.5, 0.6) is 0 Å². The van der Waals surface area contributed by atoms with Gasteiger partial charge in [-0.05, 0) is 19.1 Å². The minimum atomic E-state index is 0.382. The van der Waals surface area contributed by atoms with Crippen LogP contribution in [0.2, 0.25) is 0 Å². The molecule has 0 aromatic rings. The van der Waals surface area contributed by atoms with E-state index >= 15 is 0 Å². The second kappa shape index (κ2) is 16.4. The van der Waals surface area contributed by atoms with Gasteiger partial charge in [0.1, 0.15) is 0 Å². The first-order valence-corrected chi connectivity index (χ1v) is 6.02. The SMILES string of the molecule is CCCCCC=N.[Cl][Co][Cl]. The topological polar surface area (TPSA) is 23.9 Å². The third-order valence-corrected chi connectivity index (χ3v) is 0.952. The van der Waals surface area contributed by atoms with Crippen LogP contribution >= 0.6 is 20.3 Å². The Balaban J connectivity index is 0. The van der Waals surface area contributed by atoms with Gasteiger partial charge in [0.15, 0.2) is 0 Å². The summed E-state index contributed by atoms with van der Waals surface area (Å²) in [5.41, 5.74) is 0. The normalized spacial score (nSPS) is 8.30. The molecule has 0 bridgehead atoms. The number of nitrogens with one attached hydrogen (secondary N) is 1. The van der Waals surface area contributed by atoms with E-state index in [4.69, 9.17) is 25.7 Å². The molecule has 10 heavy (non-hydrogen) atoms. The van der Waals surface area contributed by atoms with Gasteiger partial charge in [0.2, 0.25) is 0 Å². The van der Waals surface area contributed by atoms with Gasteiger partial charge in [0, 0.05) is 0 Å². The number of hydrogen-bond donors (Lipinski definition) is 1. The third kappa shape index (κ3) is 23.3. The molecular weight excluding hydrogens is 216 g/mol. The monoisotopic (exact) mass is 228 g/mol. The Labute approximate surface area is 77.5 Å². The molecule has 0 unspecified atom stereocenters. The van der Waals surface area contributed by atoms with Gasteiger partial charge in [-0.1, -0.05) is 19.8 Å². The molecule has 0 atom stereocenters. The van der Waals surface area contributed by atoms with Crippen molar-refractivity contribution in [2.24, 2.45) is 0 Å². The average molecular weight is 229 g/mol. The quantitative estimate of drug-likeness (QED) is 0.562. The van der Waals surface area contributed by atoms with Crippen LogP contribution < -0.4 is 0 Å². The molecule has 0 radical (unpaired) electrons. The van der Waals surface area contributed by atoms with Crippen molar-refractivity contribution in [3.63, 3.8) is 0 Å². The van der Waals surface area contributed by atoms with Crippen molar-refractivity contribution in [3.05, 3.63) is 0 Å². The second-order valence-electron chi connectivity index (χ2n) is 1.75. The van der Waals surface area contributed by atoms with Gasteiger partial charge in [-0.2, -0.15) is 0 Å². The van der Waals surface area contributed by atoms with Crippen LogP contribution in [0.3, 0.4) is 0 Å². The fourth-order valence-corrected chi connectivity index (χ4v) is 0.496. The maximum atomic E-state index is 6.66. The summed E-state index contributed by atoms with van der Waals surface area (Å²) < 4.78 is 0. The summed E-state index contributed by atoms with van der Waals surface area (Å²) in [6, 6.07) is 0. The molecule has 0 spiro atoms. The average Bonchev–Trinajstić information content (AvgIpc) is 1.91. The van der Waals surface area contributed by atoms with Gasteiger partial charge in [-0.3, -0.25) is 0 Å². The molecule has 65 valence electrons. The summed E-state index contributed by atoms with van der Waals surface area (Å²) in [7, 11) is 9.47. The number of hydrogen-bond acceptors (Lipinski definition) is 1. The first-order valence-electron chi connectivity index (χ1n) is 3.16. The van der Waals surface area contributed by atoms with E-state index in [9.17, 15) is 0 Å². The van der Waals surface area contributed by atoms with Crippen LogP contribution in [-0.2, 0) is 12.9 Å². The molecule has 0 fully saturated rings. The molecule has 0 saturated heterocycles. The van der Waals surface area contributed by atoms with Crippen LogP contribution in [0.25, 0.3) is 0 Å². The van der Waals surface area contributed by atoms with Crippen molar-refractivity contribution in [3.8, 4) is 0 Å². The molecule has 0 aliphatic carbocycles. The Bertz CT molecular complexity index is 61.7. The van der Waals surface area contributed by atoms with Crippen LogP contribution in [0.4, 0.5) is 0 Å². The van der Waals surface area contributed by atoms with Gasteiger partial charge in [0.05, 0.1) is 0 Å². The Kier molecular flexibility index (Phi) is 21.9. The molecule has 0 rings (SSSR count). The van der Waals surface area contributed by atoms with Gasteiger partial charge in [0.25, 0.3) is 0 Å². The van der Waals surface area contributed by atoms with E-state index in [1.807, 2.05) is 0 Å². The predicted molar refractivity (Wildman–Crippen MR) is 44.6 cm³/mol. The zero-order chi connectivity index (χ0) is 8.24. The van der Waals surface area contributed by atoms with Crippen LogP contribution in [-0.4, -0.2) is 6.21 Å². The van der Waals surface area contributed by atoms with Gasteiger partial charge in [-0.25, -0.2) is 0 Å². The molecule has 0 amide bonds. The van der Waals surface area contributed by atoms with Crippen LogP contribution in [0.1, 0.15) is 32.6 Å². The molecular formula is C6H13Cl2CoN. The first-order chi connectivity index (χ1) is 4.83. The molecule has 1 N–H and O–H groups in total. The minimum absolute atomic E-state index is 0.382. The van der Waals surface area contributed by atoms with Crippen LogP contribution in [0.15, 0.2) is 0 Å². The number of halogens is 2. The molecule has 4 heteroatoms. The summed E-state index contributed by atoms with van der Waals surface area (Å²) >= 11 is 0.382. The van der Waals surface area contributed by atoms with E-state index in [0.717, 1.165) is 6.42 Å². The summed E-state index contributed by atoms with van der Waals surface area (Å²) in [5, 5.41) is 6.66. The molecule has 0 aliphatic heterocycles. The first kappa shape index (κ1) is 13.4. The summed E-state index contributed by atoms with van der Waals surface area (Å²) in [5.74, 6) is 0. The van der Waals surface area contributed by atoms with Crippen molar-refractivity contribution in [1.29, 1.82) is 5.41 Å². The second-order valence-corrected chi connectivity index (χ2v) is 3.47. The van der Waals surface area contributed by atoms with Gasteiger partial charge >= 0.3 is 33.2 Å². The summed E-state index contributed by atoms with van der Waals surface area (Å²) in [4.78, 5) is 0. The molecule has 0 saturated carbocycles.